The van der Waals surface area contributed by atoms with Gasteiger partial charge in [0, 0.05) is 17.9 Å². The highest BCUT2D eigenvalue weighted by Crippen LogP contribution is 2.25. The Labute approximate surface area is 127 Å². The van der Waals surface area contributed by atoms with Gasteiger partial charge < -0.3 is 9.63 Å². The van der Waals surface area contributed by atoms with Gasteiger partial charge in [0.15, 0.2) is 5.82 Å². The second-order valence-electron chi connectivity index (χ2n) is 5.82. The Morgan fingerprint density at radius 2 is 2.00 bits per heavy atom. The first kappa shape index (κ1) is 15.5. The number of benzene rings is 1. The van der Waals surface area contributed by atoms with Gasteiger partial charge in [-0.1, -0.05) is 42.7 Å². The summed E-state index contributed by atoms with van der Waals surface area (Å²) in [6, 6.07) is 7.45. The van der Waals surface area contributed by atoms with Crippen LogP contribution < -0.4 is 0 Å². The number of carboxylic acids is 1. The van der Waals surface area contributed by atoms with Crippen molar-refractivity contribution in [2.75, 3.05) is 0 Å². The summed E-state index contributed by atoms with van der Waals surface area (Å²) in [6.07, 6.45) is 1.05. The summed E-state index contributed by atoms with van der Waals surface area (Å²) in [4.78, 5) is 15.1. The van der Waals surface area contributed by atoms with Gasteiger partial charge in [-0.15, -0.1) is 0 Å². The molecule has 1 aromatic carbocycles. The normalized spacial score (nSPS) is 11.6. The molecule has 0 aliphatic carbocycles. The zero-order valence-electron chi connectivity index (χ0n) is 12.0. The van der Waals surface area contributed by atoms with E-state index in [9.17, 15) is 4.79 Å². The molecular formula is C15H17ClN2O3. The van der Waals surface area contributed by atoms with E-state index in [1.807, 2.05) is 38.1 Å². The monoisotopic (exact) mass is 308 g/mol. The lowest BCUT2D eigenvalue weighted by molar-refractivity contribution is -0.139. The number of carboxylic acid groups (broad SMARTS) is 1. The average molecular weight is 309 g/mol. The average Bonchev–Trinajstić information content (AvgIpc) is 2.77. The van der Waals surface area contributed by atoms with Crippen molar-refractivity contribution < 1.29 is 14.4 Å². The minimum atomic E-state index is -0.832. The van der Waals surface area contributed by atoms with Crippen molar-refractivity contribution in [3.63, 3.8) is 0 Å². The molecule has 0 saturated carbocycles. The maximum atomic E-state index is 10.8. The molecule has 21 heavy (non-hydrogen) atoms. The number of carbonyl (C=O) groups is 1. The second kappa shape index (κ2) is 6.26. The Bertz CT molecular complexity index is 620. The van der Waals surface area contributed by atoms with Crippen LogP contribution in [0.2, 0.25) is 5.02 Å². The van der Waals surface area contributed by atoms with E-state index in [4.69, 9.17) is 21.2 Å². The first-order chi connectivity index (χ1) is 9.84. The maximum absolute atomic E-state index is 10.8. The van der Waals surface area contributed by atoms with E-state index < -0.39 is 11.4 Å². The quantitative estimate of drug-likeness (QED) is 0.885. The van der Waals surface area contributed by atoms with Crippen molar-refractivity contribution in [2.45, 2.75) is 33.1 Å². The van der Waals surface area contributed by atoms with E-state index in [0.29, 0.717) is 29.6 Å². The Balaban J connectivity index is 2.01. The van der Waals surface area contributed by atoms with Crippen molar-refractivity contribution >= 4 is 17.6 Å². The van der Waals surface area contributed by atoms with Crippen LogP contribution in [-0.2, 0) is 17.6 Å². The molecule has 1 heterocycles. The molecule has 0 aliphatic heterocycles. The first-order valence-electron chi connectivity index (χ1n) is 6.62. The van der Waals surface area contributed by atoms with E-state index in [1.54, 1.807) is 0 Å². The lowest BCUT2D eigenvalue weighted by atomic mass is 9.86. The molecular weight excluding hydrogens is 292 g/mol. The molecule has 1 aromatic heterocycles. The Morgan fingerprint density at radius 1 is 1.33 bits per heavy atom. The first-order valence-corrected chi connectivity index (χ1v) is 6.99. The van der Waals surface area contributed by atoms with Gasteiger partial charge in [-0.2, -0.15) is 4.98 Å². The number of hydrogen-bond acceptors (Lipinski definition) is 4. The van der Waals surface area contributed by atoms with Crippen LogP contribution in [0.5, 0.6) is 0 Å². The third-order valence-electron chi connectivity index (χ3n) is 3.05. The molecule has 5 nitrogen and oxygen atoms in total. The fourth-order valence-electron chi connectivity index (χ4n) is 2.10. The van der Waals surface area contributed by atoms with E-state index in [1.165, 1.54) is 0 Å². The van der Waals surface area contributed by atoms with Crippen molar-refractivity contribution in [1.29, 1.82) is 0 Å². The number of nitrogens with zero attached hydrogens (tertiary/aromatic N) is 2. The molecule has 1 N–H and O–H groups in total. The SMILES string of the molecule is CC(C)(CC(=O)O)Cc1nc(Cc2ccc(Cl)cc2)no1. The van der Waals surface area contributed by atoms with Crippen LogP contribution in [0.4, 0.5) is 0 Å². The summed E-state index contributed by atoms with van der Waals surface area (Å²) in [5.41, 5.74) is 0.618. The van der Waals surface area contributed by atoms with Crippen LogP contribution in [0.15, 0.2) is 28.8 Å². The molecule has 2 rings (SSSR count). The van der Waals surface area contributed by atoms with Crippen molar-refractivity contribution in [3.05, 3.63) is 46.6 Å². The summed E-state index contributed by atoms with van der Waals surface area (Å²) in [5, 5.41) is 13.5. The third-order valence-corrected chi connectivity index (χ3v) is 3.30. The predicted molar refractivity (Wildman–Crippen MR) is 78.3 cm³/mol. The Hall–Kier alpha value is -1.88. The van der Waals surface area contributed by atoms with Crippen LogP contribution in [-0.4, -0.2) is 21.2 Å². The van der Waals surface area contributed by atoms with Crippen molar-refractivity contribution in [3.8, 4) is 0 Å². The van der Waals surface area contributed by atoms with Gasteiger partial charge in [0.25, 0.3) is 0 Å². The van der Waals surface area contributed by atoms with Crippen LogP contribution in [0.25, 0.3) is 0 Å². The van der Waals surface area contributed by atoms with Crippen LogP contribution in [0.1, 0.15) is 37.5 Å². The lowest BCUT2D eigenvalue weighted by Gasteiger charge is -2.19. The summed E-state index contributed by atoms with van der Waals surface area (Å²) in [7, 11) is 0. The van der Waals surface area contributed by atoms with Gasteiger partial charge in [0.2, 0.25) is 5.89 Å². The van der Waals surface area contributed by atoms with E-state index in [0.717, 1.165) is 5.56 Å². The highest BCUT2D eigenvalue weighted by molar-refractivity contribution is 6.30. The summed E-state index contributed by atoms with van der Waals surface area (Å²) in [5.74, 6) is 0.213. The summed E-state index contributed by atoms with van der Waals surface area (Å²) in [6.45, 7) is 3.73. The predicted octanol–water partition coefficient (Wildman–Crippen LogP) is 3.36. The molecule has 0 saturated heterocycles. The standard InChI is InChI=1S/C15H17ClN2O3/c1-15(2,9-14(19)20)8-13-17-12(18-21-13)7-10-3-5-11(16)6-4-10/h3-6H,7-9H2,1-2H3,(H,19,20). The van der Waals surface area contributed by atoms with E-state index in [-0.39, 0.29) is 6.42 Å². The molecule has 0 atom stereocenters. The van der Waals surface area contributed by atoms with Crippen molar-refractivity contribution in [1.82, 2.24) is 10.1 Å². The molecule has 0 radical (unpaired) electrons. The van der Waals surface area contributed by atoms with E-state index in [2.05, 4.69) is 10.1 Å². The number of aromatic nitrogens is 2. The maximum Gasteiger partial charge on any atom is 0.303 e. The van der Waals surface area contributed by atoms with Gasteiger partial charge in [-0.25, -0.2) is 0 Å². The van der Waals surface area contributed by atoms with Gasteiger partial charge in [0.1, 0.15) is 0 Å². The highest BCUT2D eigenvalue weighted by Gasteiger charge is 2.25. The lowest BCUT2D eigenvalue weighted by Crippen LogP contribution is -2.19. The minimum Gasteiger partial charge on any atom is -0.481 e. The third kappa shape index (κ3) is 4.86. The summed E-state index contributed by atoms with van der Waals surface area (Å²) < 4.78 is 5.20. The zero-order valence-corrected chi connectivity index (χ0v) is 12.7. The van der Waals surface area contributed by atoms with Crippen LogP contribution in [0, 0.1) is 5.41 Å². The topological polar surface area (TPSA) is 76.2 Å². The molecule has 0 fully saturated rings. The number of rotatable bonds is 6. The molecule has 112 valence electrons. The Morgan fingerprint density at radius 3 is 2.62 bits per heavy atom. The number of aliphatic carboxylic acids is 1. The Kier molecular flexibility index (Phi) is 4.63. The van der Waals surface area contributed by atoms with E-state index >= 15 is 0 Å². The molecule has 0 amide bonds. The molecule has 0 spiro atoms. The van der Waals surface area contributed by atoms with Gasteiger partial charge in [-0.3, -0.25) is 4.79 Å². The molecule has 0 bridgehead atoms. The summed E-state index contributed by atoms with van der Waals surface area (Å²) >= 11 is 5.84. The van der Waals surface area contributed by atoms with Crippen molar-refractivity contribution in [2.24, 2.45) is 5.41 Å². The van der Waals surface area contributed by atoms with Crippen LogP contribution >= 0.6 is 11.6 Å². The second-order valence-corrected chi connectivity index (χ2v) is 6.26. The van der Waals surface area contributed by atoms with Gasteiger partial charge in [0.05, 0.1) is 6.42 Å². The molecule has 2 aromatic rings. The molecule has 0 unspecified atom stereocenters. The minimum absolute atomic E-state index is 0.0574. The molecule has 6 heteroatoms. The van der Waals surface area contributed by atoms with Gasteiger partial charge in [-0.05, 0) is 23.1 Å². The number of hydrogen-bond donors (Lipinski definition) is 1. The largest absolute Gasteiger partial charge is 0.481 e. The fraction of sp³-hybridized carbons (Fsp3) is 0.400. The van der Waals surface area contributed by atoms with Gasteiger partial charge >= 0.3 is 5.97 Å². The fourth-order valence-corrected chi connectivity index (χ4v) is 2.23. The highest BCUT2D eigenvalue weighted by atomic mass is 35.5. The smallest absolute Gasteiger partial charge is 0.303 e. The molecule has 0 aliphatic rings. The van der Waals surface area contributed by atoms with Crippen LogP contribution in [0.3, 0.4) is 0 Å². The number of halogens is 1. The zero-order chi connectivity index (χ0) is 15.5.